The summed E-state index contributed by atoms with van der Waals surface area (Å²) in [6, 6.07) is 1.05. The van der Waals surface area contributed by atoms with E-state index < -0.39 is 0 Å². The van der Waals surface area contributed by atoms with E-state index in [2.05, 4.69) is 15.5 Å². The number of halogens is 1. The van der Waals surface area contributed by atoms with Gasteiger partial charge in [0, 0.05) is 18.6 Å². The van der Waals surface area contributed by atoms with Crippen LogP contribution in [-0.2, 0) is 4.79 Å². The van der Waals surface area contributed by atoms with Crippen LogP contribution in [0.5, 0.6) is 0 Å². The van der Waals surface area contributed by atoms with Gasteiger partial charge in [0.25, 0.3) is 0 Å². The number of nitrogens with one attached hydrogen (secondary N) is 2. The fourth-order valence-corrected chi connectivity index (χ4v) is 2.14. The van der Waals surface area contributed by atoms with E-state index in [0.29, 0.717) is 18.6 Å². The second kappa shape index (κ2) is 6.42. The van der Waals surface area contributed by atoms with Gasteiger partial charge < -0.3 is 10.6 Å². The average molecular weight is 248 g/mol. The van der Waals surface area contributed by atoms with Gasteiger partial charge in [-0.15, -0.1) is 12.4 Å². The third-order valence-electron chi connectivity index (χ3n) is 3.22. The van der Waals surface area contributed by atoms with Crippen LogP contribution in [0.2, 0.25) is 0 Å². The SMILES string of the molecule is CNC1CCCN(CC(=O)NC2CC2)C1.Cl. The van der Waals surface area contributed by atoms with Crippen molar-refractivity contribution in [2.75, 3.05) is 26.7 Å². The topological polar surface area (TPSA) is 44.4 Å². The quantitative estimate of drug-likeness (QED) is 0.755. The molecule has 1 saturated carbocycles. The molecule has 1 heterocycles. The summed E-state index contributed by atoms with van der Waals surface area (Å²) in [6.07, 6.45) is 4.77. The van der Waals surface area contributed by atoms with E-state index in [-0.39, 0.29) is 18.3 Å². The first-order valence-electron chi connectivity index (χ1n) is 5.97. The van der Waals surface area contributed by atoms with Crippen LogP contribution in [0.25, 0.3) is 0 Å². The van der Waals surface area contributed by atoms with Crippen molar-refractivity contribution < 1.29 is 4.79 Å². The molecule has 1 saturated heterocycles. The van der Waals surface area contributed by atoms with E-state index in [1.165, 1.54) is 25.7 Å². The minimum atomic E-state index is 0. The Kier molecular flexibility index (Phi) is 5.52. The Morgan fingerprint density at radius 1 is 1.31 bits per heavy atom. The number of nitrogens with zero attached hydrogens (tertiary/aromatic N) is 1. The smallest absolute Gasteiger partial charge is 0.234 e. The Hall–Kier alpha value is -0.320. The largest absolute Gasteiger partial charge is 0.352 e. The number of piperidine rings is 1. The number of carbonyl (C=O) groups excluding carboxylic acids is 1. The second-order valence-electron chi connectivity index (χ2n) is 4.70. The van der Waals surface area contributed by atoms with Gasteiger partial charge in [0.2, 0.25) is 5.91 Å². The number of hydrogen-bond acceptors (Lipinski definition) is 3. The van der Waals surface area contributed by atoms with E-state index in [1.54, 1.807) is 0 Å². The van der Waals surface area contributed by atoms with Crippen molar-refractivity contribution in [2.45, 2.75) is 37.8 Å². The van der Waals surface area contributed by atoms with Crippen LogP contribution in [0.4, 0.5) is 0 Å². The Bertz CT molecular complexity index is 233. The van der Waals surface area contributed by atoms with Crippen molar-refractivity contribution in [1.29, 1.82) is 0 Å². The Morgan fingerprint density at radius 3 is 2.69 bits per heavy atom. The summed E-state index contributed by atoms with van der Waals surface area (Å²) in [6.45, 7) is 2.65. The van der Waals surface area contributed by atoms with Crippen LogP contribution < -0.4 is 10.6 Å². The summed E-state index contributed by atoms with van der Waals surface area (Å²) >= 11 is 0. The number of rotatable bonds is 4. The summed E-state index contributed by atoms with van der Waals surface area (Å²) in [4.78, 5) is 13.8. The summed E-state index contributed by atoms with van der Waals surface area (Å²) < 4.78 is 0. The van der Waals surface area contributed by atoms with Crippen LogP contribution in [-0.4, -0.2) is 49.6 Å². The van der Waals surface area contributed by atoms with Crippen molar-refractivity contribution in [1.82, 2.24) is 15.5 Å². The maximum Gasteiger partial charge on any atom is 0.234 e. The minimum Gasteiger partial charge on any atom is -0.352 e. The molecule has 94 valence electrons. The zero-order valence-electron chi connectivity index (χ0n) is 9.87. The molecule has 0 aromatic heterocycles. The third-order valence-corrected chi connectivity index (χ3v) is 3.22. The first-order chi connectivity index (χ1) is 7.28. The Morgan fingerprint density at radius 2 is 2.06 bits per heavy atom. The molecule has 0 bridgehead atoms. The average Bonchev–Trinajstić information content (AvgIpc) is 3.02. The highest BCUT2D eigenvalue weighted by atomic mass is 35.5. The van der Waals surface area contributed by atoms with Gasteiger partial charge in [-0.1, -0.05) is 0 Å². The maximum atomic E-state index is 11.6. The number of likely N-dealkylation sites (N-methyl/N-ethyl adjacent to an activating group) is 1. The number of amides is 1. The fraction of sp³-hybridized carbons (Fsp3) is 0.909. The van der Waals surface area contributed by atoms with Crippen molar-refractivity contribution in [2.24, 2.45) is 0 Å². The molecule has 2 rings (SSSR count). The van der Waals surface area contributed by atoms with Crippen LogP contribution in [0.3, 0.4) is 0 Å². The molecule has 2 fully saturated rings. The lowest BCUT2D eigenvalue weighted by molar-refractivity contribution is -0.122. The first kappa shape index (κ1) is 13.7. The molecule has 0 aromatic carbocycles. The third kappa shape index (κ3) is 4.28. The van der Waals surface area contributed by atoms with Crippen molar-refractivity contribution in [3.05, 3.63) is 0 Å². The number of carbonyl (C=O) groups is 1. The van der Waals surface area contributed by atoms with E-state index in [4.69, 9.17) is 0 Å². The predicted octanol–water partition coefficient (Wildman–Crippen LogP) is 0.371. The Balaban J connectivity index is 0.00000128. The lowest BCUT2D eigenvalue weighted by atomic mass is 10.1. The second-order valence-corrected chi connectivity index (χ2v) is 4.70. The summed E-state index contributed by atoms with van der Waals surface area (Å²) in [5, 5.41) is 6.32. The molecule has 4 nitrogen and oxygen atoms in total. The molecular formula is C11H22ClN3O. The molecule has 5 heteroatoms. The lowest BCUT2D eigenvalue weighted by Crippen LogP contribution is -2.48. The monoisotopic (exact) mass is 247 g/mol. The van der Waals surface area contributed by atoms with Gasteiger partial charge >= 0.3 is 0 Å². The first-order valence-corrected chi connectivity index (χ1v) is 5.97. The highest BCUT2D eigenvalue weighted by Crippen LogP contribution is 2.18. The van der Waals surface area contributed by atoms with Gasteiger partial charge in [-0.2, -0.15) is 0 Å². The zero-order valence-corrected chi connectivity index (χ0v) is 10.7. The molecule has 2 N–H and O–H groups in total. The molecule has 1 aliphatic carbocycles. The normalized spacial score (nSPS) is 25.9. The summed E-state index contributed by atoms with van der Waals surface area (Å²) in [5.41, 5.74) is 0. The molecule has 16 heavy (non-hydrogen) atoms. The van der Waals surface area contributed by atoms with Gasteiger partial charge in [-0.25, -0.2) is 0 Å². The molecule has 1 amide bonds. The number of hydrogen-bond donors (Lipinski definition) is 2. The standard InChI is InChI=1S/C11H21N3O.ClH/c1-12-10-3-2-6-14(7-10)8-11(15)13-9-4-5-9;/h9-10,12H,2-8H2,1H3,(H,13,15);1H. The zero-order chi connectivity index (χ0) is 10.7. The van der Waals surface area contributed by atoms with Gasteiger partial charge in [-0.05, 0) is 39.3 Å². The van der Waals surface area contributed by atoms with Crippen molar-refractivity contribution >= 4 is 18.3 Å². The van der Waals surface area contributed by atoms with Gasteiger partial charge in [0.15, 0.2) is 0 Å². The molecular weight excluding hydrogens is 226 g/mol. The van der Waals surface area contributed by atoms with Crippen molar-refractivity contribution in [3.8, 4) is 0 Å². The molecule has 0 spiro atoms. The molecule has 1 unspecified atom stereocenters. The van der Waals surface area contributed by atoms with Crippen molar-refractivity contribution in [3.63, 3.8) is 0 Å². The molecule has 1 aliphatic heterocycles. The van der Waals surface area contributed by atoms with Gasteiger partial charge in [0.05, 0.1) is 6.54 Å². The van der Waals surface area contributed by atoms with Crippen LogP contribution in [0.15, 0.2) is 0 Å². The van der Waals surface area contributed by atoms with Crippen LogP contribution in [0, 0.1) is 0 Å². The molecule has 0 aromatic rings. The fourth-order valence-electron chi connectivity index (χ4n) is 2.14. The molecule has 2 aliphatic rings. The summed E-state index contributed by atoms with van der Waals surface area (Å²) in [7, 11) is 2.00. The van der Waals surface area contributed by atoms with Crippen LogP contribution in [0.1, 0.15) is 25.7 Å². The minimum absolute atomic E-state index is 0. The lowest BCUT2D eigenvalue weighted by Gasteiger charge is -2.31. The maximum absolute atomic E-state index is 11.6. The number of likely N-dealkylation sites (tertiary alicyclic amines) is 1. The van der Waals surface area contributed by atoms with E-state index in [0.717, 1.165) is 13.1 Å². The van der Waals surface area contributed by atoms with Gasteiger partial charge in [-0.3, -0.25) is 9.69 Å². The van der Waals surface area contributed by atoms with E-state index in [9.17, 15) is 4.79 Å². The summed E-state index contributed by atoms with van der Waals surface area (Å²) in [5.74, 6) is 0.203. The van der Waals surface area contributed by atoms with Gasteiger partial charge in [0.1, 0.15) is 0 Å². The molecule has 1 atom stereocenters. The molecule has 0 radical (unpaired) electrons. The highest BCUT2D eigenvalue weighted by Gasteiger charge is 2.25. The van der Waals surface area contributed by atoms with E-state index >= 15 is 0 Å². The highest BCUT2D eigenvalue weighted by molar-refractivity contribution is 5.85. The predicted molar refractivity (Wildman–Crippen MR) is 66.9 cm³/mol. The Labute approximate surface area is 104 Å². The van der Waals surface area contributed by atoms with E-state index in [1.807, 2.05) is 7.05 Å². The van der Waals surface area contributed by atoms with Crippen LogP contribution >= 0.6 is 12.4 Å².